The first kappa shape index (κ1) is 29.5. The van der Waals surface area contributed by atoms with Crippen molar-refractivity contribution in [2.45, 2.75) is 26.0 Å². The van der Waals surface area contributed by atoms with E-state index in [4.69, 9.17) is 15.0 Å². The van der Waals surface area contributed by atoms with Crippen LogP contribution in [0.3, 0.4) is 0 Å². The van der Waals surface area contributed by atoms with Crippen LogP contribution in [0, 0.1) is 16.9 Å². The summed E-state index contributed by atoms with van der Waals surface area (Å²) in [6, 6.07) is 25.3. The van der Waals surface area contributed by atoms with E-state index in [-0.39, 0.29) is 30.1 Å². The summed E-state index contributed by atoms with van der Waals surface area (Å²) in [7, 11) is 1.66. The van der Waals surface area contributed by atoms with E-state index in [2.05, 4.69) is 36.8 Å². The van der Waals surface area contributed by atoms with Crippen LogP contribution in [0.15, 0.2) is 90.2 Å². The number of methoxy groups -OCH3 is 1. The largest absolute Gasteiger partial charge is 0.484 e. The third-order valence-corrected chi connectivity index (χ3v) is 6.10. The van der Waals surface area contributed by atoms with Crippen molar-refractivity contribution in [3.05, 3.63) is 108 Å². The molecule has 4 aromatic rings. The molecule has 1 amide bonds. The minimum Gasteiger partial charge on any atom is -0.484 e. The van der Waals surface area contributed by atoms with E-state index in [1.807, 2.05) is 43.3 Å². The first-order valence-corrected chi connectivity index (χ1v) is 13.2. The average Bonchev–Trinajstić information content (AvgIpc) is 3.03. The minimum atomic E-state index is -0.466. The zero-order valence-electron chi connectivity index (χ0n) is 23.2. The van der Waals surface area contributed by atoms with E-state index < -0.39 is 5.91 Å². The van der Waals surface area contributed by atoms with Gasteiger partial charge in [0.05, 0.1) is 47.1 Å². The average molecular weight is 563 g/mol. The first-order chi connectivity index (χ1) is 20.5. The normalized spacial score (nSPS) is 11.7. The predicted molar refractivity (Wildman–Crippen MR) is 157 cm³/mol. The second-order valence-corrected chi connectivity index (χ2v) is 9.01. The lowest BCUT2D eigenvalue weighted by atomic mass is 10.1. The Morgan fingerprint density at radius 3 is 2.62 bits per heavy atom. The Bertz CT molecular complexity index is 1600. The van der Waals surface area contributed by atoms with Crippen LogP contribution in [-0.4, -0.2) is 34.6 Å². The summed E-state index contributed by atoms with van der Waals surface area (Å²) >= 11 is 0. The summed E-state index contributed by atoms with van der Waals surface area (Å²) < 4.78 is 11.0. The standard InChI is InChI=1S/C31H30N8O3/c1-3-29(41-2)25-14-8-11-23(35-25)18-34-19-28(39-33)27-16-26(22-10-7-9-21(15-22)17-32)36-31(37-27)38-30(40)20-42-24-12-5-4-6-13-24/h4-16,19,29,33-34H,3,18,20H2,1-2H3,(H,36,37,38,40)/b28-19-,39-33?. The highest BCUT2D eigenvalue weighted by atomic mass is 16.5. The number of rotatable bonds is 13. The van der Waals surface area contributed by atoms with Crippen LogP contribution >= 0.6 is 0 Å². The molecule has 3 N–H and O–H groups in total. The van der Waals surface area contributed by atoms with E-state index in [9.17, 15) is 10.1 Å². The summed E-state index contributed by atoms with van der Waals surface area (Å²) in [5.74, 6) is 0.0836. The van der Waals surface area contributed by atoms with Gasteiger partial charge in [0.15, 0.2) is 6.61 Å². The van der Waals surface area contributed by atoms with Gasteiger partial charge in [0.2, 0.25) is 5.95 Å². The molecule has 0 spiro atoms. The Balaban J connectivity index is 1.58. The Morgan fingerprint density at radius 1 is 1.07 bits per heavy atom. The smallest absolute Gasteiger partial charge is 0.264 e. The molecule has 2 heterocycles. The van der Waals surface area contributed by atoms with Gasteiger partial charge >= 0.3 is 0 Å². The lowest BCUT2D eigenvalue weighted by Gasteiger charge is -2.13. The molecule has 11 heteroatoms. The molecule has 212 valence electrons. The van der Waals surface area contributed by atoms with Gasteiger partial charge in [-0.05, 0) is 48.9 Å². The molecule has 0 aliphatic heterocycles. The fraction of sp³-hybridized carbons (Fsp3) is 0.194. The molecule has 42 heavy (non-hydrogen) atoms. The lowest BCUT2D eigenvalue weighted by molar-refractivity contribution is -0.118. The quantitative estimate of drug-likeness (QED) is 0.177. The third-order valence-electron chi connectivity index (χ3n) is 6.10. The summed E-state index contributed by atoms with van der Waals surface area (Å²) in [4.78, 5) is 26.2. The van der Waals surface area contributed by atoms with Crippen LogP contribution in [-0.2, 0) is 16.1 Å². The number of nitriles is 1. The van der Waals surface area contributed by atoms with Gasteiger partial charge < -0.3 is 14.8 Å². The highest BCUT2D eigenvalue weighted by molar-refractivity contribution is 5.90. The number of carbonyl (C=O) groups excluding carboxylic acids is 1. The highest BCUT2D eigenvalue weighted by Crippen LogP contribution is 2.24. The maximum absolute atomic E-state index is 12.7. The molecule has 0 bridgehead atoms. The van der Waals surface area contributed by atoms with Gasteiger partial charge in [-0.3, -0.25) is 15.1 Å². The molecule has 0 radical (unpaired) electrons. The first-order valence-electron chi connectivity index (χ1n) is 13.2. The molecular weight excluding hydrogens is 532 g/mol. The maximum Gasteiger partial charge on any atom is 0.264 e. The van der Waals surface area contributed by atoms with E-state index >= 15 is 0 Å². The molecule has 0 saturated heterocycles. The number of ether oxygens (including phenoxy) is 2. The van der Waals surface area contributed by atoms with E-state index in [0.717, 1.165) is 17.8 Å². The van der Waals surface area contributed by atoms with Crippen molar-refractivity contribution >= 4 is 17.6 Å². The lowest BCUT2D eigenvalue weighted by Crippen LogP contribution is -2.22. The zero-order chi connectivity index (χ0) is 29.7. The molecular formula is C31H30N8O3. The molecule has 0 aliphatic rings. The SMILES string of the molecule is CCC(OC)c1cccc(CN/C=C(\N=N)c2cc(-c3cccc(C#N)c3)nc(NC(=O)COc3ccccc3)n2)n1. The van der Waals surface area contributed by atoms with Gasteiger partial charge in [-0.25, -0.2) is 15.5 Å². The predicted octanol–water partition coefficient (Wildman–Crippen LogP) is 5.64. The minimum absolute atomic E-state index is 0.000568. The number of amides is 1. The summed E-state index contributed by atoms with van der Waals surface area (Å²) in [6.45, 7) is 2.15. The molecule has 0 aliphatic carbocycles. The second-order valence-electron chi connectivity index (χ2n) is 9.01. The molecule has 2 aromatic heterocycles. The Kier molecular flexibility index (Phi) is 10.4. The van der Waals surface area contributed by atoms with Gasteiger partial charge in [-0.1, -0.05) is 43.3 Å². The number of benzene rings is 2. The van der Waals surface area contributed by atoms with Crippen molar-refractivity contribution in [3.8, 4) is 23.1 Å². The van der Waals surface area contributed by atoms with Crippen LogP contribution in [0.4, 0.5) is 5.95 Å². The fourth-order valence-electron chi connectivity index (χ4n) is 4.04. The van der Waals surface area contributed by atoms with Gasteiger partial charge in [0, 0.05) is 18.9 Å². The van der Waals surface area contributed by atoms with Crippen LogP contribution in [0.1, 0.15) is 42.1 Å². The molecule has 11 nitrogen and oxygen atoms in total. The highest BCUT2D eigenvalue weighted by Gasteiger charge is 2.14. The maximum atomic E-state index is 12.7. The van der Waals surface area contributed by atoms with Crippen molar-refractivity contribution in [2.24, 2.45) is 5.11 Å². The number of nitrogens with zero attached hydrogens (tertiary/aromatic N) is 5. The molecule has 1 atom stereocenters. The summed E-state index contributed by atoms with van der Waals surface area (Å²) in [5, 5.41) is 18.8. The molecule has 0 saturated carbocycles. The van der Waals surface area contributed by atoms with E-state index in [1.165, 1.54) is 0 Å². The number of hydrogen-bond acceptors (Lipinski definition) is 10. The molecule has 2 aromatic carbocycles. The van der Waals surface area contributed by atoms with Crippen molar-refractivity contribution in [1.82, 2.24) is 20.3 Å². The van der Waals surface area contributed by atoms with E-state index in [0.29, 0.717) is 29.1 Å². The Labute approximate surface area is 243 Å². The summed E-state index contributed by atoms with van der Waals surface area (Å²) in [5.41, 5.74) is 11.4. The van der Waals surface area contributed by atoms with Crippen LogP contribution < -0.4 is 15.4 Å². The van der Waals surface area contributed by atoms with Crippen LogP contribution in [0.5, 0.6) is 5.75 Å². The van der Waals surface area contributed by atoms with Crippen molar-refractivity contribution in [3.63, 3.8) is 0 Å². The second kappa shape index (κ2) is 14.8. The number of nitrogens with one attached hydrogen (secondary N) is 3. The Morgan fingerprint density at radius 2 is 1.88 bits per heavy atom. The number of aromatic nitrogens is 3. The third kappa shape index (κ3) is 8.03. The molecule has 1 unspecified atom stereocenters. The number of hydrogen-bond donors (Lipinski definition) is 3. The van der Waals surface area contributed by atoms with Crippen molar-refractivity contribution in [1.29, 1.82) is 10.8 Å². The molecule has 0 fully saturated rings. The Hall–Kier alpha value is -5.47. The zero-order valence-corrected chi connectivity index (χ0v) is 23.2. The van der Waals surface area contributed by atoms with Gasteiger partial charge in [0.1, 0.15) is 11.4 Å². The number of para-hydroxylation sites is 1. The van der Waals surface area contributed by atoms with Crippen molar-refractivity contribution in [2.75, 3.05) is 19.0 Å². The van der Waals surface area contributed by atoms with Crippen LogP contribution in [0.25, 0.3) is 17.0 Å². The fourth-order valence-corrected chi connectivity index (χ4v) is 4.04. The van der Waals surface area contributed by atoms with Gasteiger partial charge in [-0.15, -0.1) is 0 Å². The van der Waals surface area contributed by atoms with Crippen LogP contribution in [0.2, 0.25) is 0 Å². The monoisotopic (exact) mass is 562 g/mol. The molecule has 4 rings (SSSR count). The number of carbonyl (C=O) groups is 1. The summed E-state index contributed by atoms with van der Waals surface area (Å²) in [6.07, 6.45) is 2.26. The van der Waals surface area contributed by atoms with Gasteiger partial charge in [-0.2, -0.15) is 10.4 Å². The van der Waals surface area contributed by atoms with Gasteiger partial charge in [0.25, 0.3) is 5.91 Å². The number of pyridine rings is 1. The number of anilines is 1. The topological polar surface area (TPSA) is 158 Å². The van der Waals surface area contributed by atoms with E-state index in [1.54, 1.807) is 55.8 Å². The van der Waals surface area contributed by atoms with Crippen molar-refractivity contribution < 1.29 is 14.3 Å².